The SMILES string of the molecule is CCCC(C)(CN)CN(C)Cc1ccccc1C. The zero-order chi connectivity index (χ0) is 13.6. The van der Waals surface area contributed by atoms with Crippen LogP contribution in [0.1, 0.15) is 37.8 Å². The quantitative estimate of drug-likeness (QED) is 0.803. The molecule has 0 saturated heterocycles. The summed E-state index contributed by atoms with van der Waals surface area (Å²) in [5.74, 6) is 0. The van der Waals surface area contributed by atoms with E-state index in [1.807, 2.05) is 0 Å². The Morgan fingerprint density at radius 2 is 1.94 bits per heavy atom. The molecule has 18 heavy (non-hydrogen) atoms. The lowest BCUT2D eigenvalue weighted by Crippen LogP contribution is -2.38. The maximum Gasteiger partial charge on any atom is 0.0233 e. The molecule has 0 aliphatic carbocycles. The summed E-state index contributed by atoms with van der Waals surface area (Å²) in [4.78, 5) is 2.39. The molecule has 102 valence electrons. The molecule has 0 aliphatic heterocycles. The van der Waals surface area contributed by atoms with Crippen molar-refractivity contribution in [1.82, 2.24) is 4.90 Å². The standard InChI is InChI=1S/C16H28N2/c1-5-10-16(3,12-17)13-18(4)11-15-9-7-6-8-14(15)2/h6-9H,5,10-13,17H2,1-4H3. The molecule has 0 heterocycles. The van der Waals surface area contributed by atoms with E-state index in [-0.39, 0.29) is 5.41 Å². The molecule has 1 aromatic carbocycles. The summed E-state index contributed by atoms with van der Waals surface area (Å²) < 4.78 is 0. The summed E-state index contributed by atoms with van der Waals surface area (Å²) >= 11 is 0. The highest BCUT2D eigenvalue weighted by Gasteiger charge is 2.23. The van der Waals surface area contributed by atoms with Crippen LogP contribution in [0.2, 0.25) is 0 Å². The molecule has 1 atom stereocenters. The molecule has 0 spiro atoms. The van der Waals surface area contributed by atoms with Crippen molar-refractivity contribution in [2.24, 2.45) is 11.1 Å². The number of nitrogens with two attached hydrogens (primary N) is 1. The Morgan fingerprint density at radius 3 is 2.50 bits per heavy atom. The molecule has 0 aliphatic rings. The van der Waals surface area contributed by atoms with Gasteiger partial charge < -0.3 is 10.6 Å². The monoisotopic (exact) mass is 248 g/mol. The predicted molar refractivity (Wildman–Crippen MR) is 79.6 cm³/mol. The van der Waals surface area contributed by atoms with Gasteiger partial charge in [0.05, 0.1) is 0 Å². The molecule has 1 rings (SSSR count). The Hall–Kier alpha value is -0.860. The van der Waals surface area contributed by atoms with Gasteiger partial charge in [-0.2, -0.15) is 0 Å². The van der Waals surface area contributed by atoms with Crippen LogP contribution >= 0.6 is 0 Å². The van der Waals surface area contributed by atoms with Crippen molar-refractivity contribution in [2.75, 3.05) is 20.1 Å². The third-order valence-corrected chi connectivity index (χ3v) is 3.70. The van der Waals surface area contributed by atoms with Crippen molar-refractivity contribution in [3.63, 3.8) is 0 Å². The zero-order valence-electron chi connectivity index (χ0n) is 12.4. The van der Waals surface area contributed by atoms with Crippen molar-refractivity contribution < 1.29 is 0 Å². The van der Waals surface area contributed by atoms with E-state index in [9.17, 15) is 0 Å². The fraction of sp³-hybridized carbons (Fsp3) is 0.625. The van der Waals surface area contributed by atoms with Crippen LogP contribution in [-0.4, -0.2) is 25.0 Å². The number of aryl methyl sites for hydroxylation is 1. The molecule has 0 bridgehead atoms. The van der Waals surface area contributed by atoms with Crippen molar-refractivity contribution in [2.45, 2.75) is 40.2 Å². The number of rotatable bonds is 7. The minimum Gasteiger partial charge on any atom is -0.330 e. The van der Waals surface area contributed by atoms with E-state index in [4.69, 9.17) is 5.73 Å². The van der Waals surface area contributed by atoms with Gasteiger partial charge in [-0.1, -0.05) is 44.5 Å². The van der Waals surface area contributed by atoms with Crippen molar-refractivity contribution in [3.05, 3.63) is 35.4 Å². The van der Waals surface area contributed by atoms with Crippen LogP contribution in [0.5, 0.6) is 0 Å². The Kier molecular flexibility index (Phi) is 5.83. The third kappa shape index (κ3) is 4.43. The molecular formula is C16H28N2. The highest BCUT2D eigenvalue weighted by atomic mass is 15.1. The number of hydrogen-bond acceptors (Lipinski definition) is 2. The second-order valence-corrected chi connectivity index (χ2v) is 5.86. The smallest absolute Gasteiger partial charge is 0.0233 e. The van der Waals surface area contributed by atoms with Crippen molar-refractivity contribution in [1.29, 1.82) is 0 Å². The van der Waals surface area contributed by atoms with Gasteiger partial charge in [0.2, 0.25) is 0 Å². The fourth-order valence-corrected chi connectivity index (χ4v) is 2.64. The van der Waals surface area contributed by atoms with Gasteiger partial charge >= 0.3 is 0 Å². The maximum atomic E-state index is 5.94. The predicted octanol–water partition coefficient (Wildman–Crippen LogP) is 3.19. The molecule has 2 nitrogen and oxygen atoms in total. The first-order valence-corrected chi connectivity index (χ1v) is 6.94. The van der Waals surface area contributed by atoms with Crippen LogP contribution in [-0.2, 0) is 6.54 Å². The Bertz CT molecular complexity index is 362. The van der Waals surface area contributed by atoms with E-state index in [2.05, 4.69) is 57.0 Å². The Morgan fingerprint density at radius 1 is 1.28 bits per heavy atom. The van der Waals surface area contributed by atoms with Gasteiger partial charge in [0.1, 0.15) is 0 Å². The minimum atomic E-state index is 0.242. The first-order chi connectivity index (χ1) is 8.50. The lowest BCUT2D eigenvalue weighted by Gasteiger charge is -2.33. The largest absolute Gasteiger partial charge is 0.330 e. The Balaban J connectivity index is 2.61. The van der Waals surface area contributed by atoms with Crippen LogP contribution in [0.25, 0.3) is 0 Å². The van der Waals surface area contributed by atoms with Gasteiger partial charge in [0, 0.05) is 13.1 Å². The second kappa shape index (κ2) is 6.91. The molecule has 0 saturated carbocycles. The van der Waals surface area contributed by atoms with E-state index in [1.165, 1.54) is 24.0 Å². The average molecular weight is 248 g/mol. The lowest BCUT2D eigenvalue weighted by atomic mass is 9.85. The third-order valence-electron chi connectivity index (χ3n) is 3.70. The van der Waals surface area contributed by atoms with Gasteiger partial charge in [-0.3, -0.25) is 0 Å². The van der Waals surface area contributed by atoms with Crippen LogP contribution in [0.15, 0.2) is 24.3 Å². The first-order valence-electron chi connectivity index (χ1n) is 6.94. The van der Waals surface area contributed by atoms with Gasteiger partial charge in [-0.25, -0.2) is 0 Å². The molecule has 1 aromatic rings. The lowest BCUT2D eigenvalue weighted by molar-refractivity contribution is 0.179. The van der Waals surface area contributed by atoms with Gasteiger partial charge in [-0.05, 0) is 43.5 Å². The first kappa shape index (κ1) is 15.2. The van der Waals surface area contributed by atoms with E-state index in [0.717, 1.165) is 19.6 Å². The molecule has 2 heteroatoms. The summed E-state index contributed by atoms with van der Waals surface area (Å²) in [5.41, 5.74) is 8.96. The number of nitrogens with zero attached hydrogens (tertiary/aromatic N) is 1. The van der Waals surface area contributed by atoms with Gasteiger partial charge in [0.25, 0.3) is 0 Å². The highest BCUT2D eigenvalue weighted by molar-refractivity contribution is 5.25. The highest BCUT2D eigenvalue weighted by Crippen LogP contribution is 2.23. The molecular weight excluding hydrogens is 220 g/mol. The molecule has 2 N–H and O–H groups in total. The van der Waals surface area contributed by atoms with Gasteiger partial charge in [0.15, 0.2) is 0 Å². The Labute approximate surface area is 112 Å². The average Bonchev–Trinajstić information content (AvgIpc) is 2.32. The minimum absolute atomic E-state index is 0.242. The zero-order valence-corrected chi connectivity index (χ0v) is 12.4. The fourth-order valence-electron chi connectivity index (χ4n) is 2.64. The molecule has 0 radical (unpaired) electrons. The number of hydrogen-bond donors (Lipinski definition) is 1. The summed E-state index contributed by atoms with van der Waals surface area (Å²) in [6.45, 7) is 9.54. The number of benzene rings is 1. The van der Waals surface area contributed by atoms with Crippen molar-refractivity contribution >= 4 is 0 Å². The second-order valence-electron chi connectivity index (χ2n) is 5.86. The molecule has 1 unspecified atom stereocenters. The maximum absolute atomic E-state index is 5.94. The van der Waals surface area contributed by atoms with Crippen molar-refractivity contribution in [3.8, 4) is 0 Å². The summed E-state index contributed by atoms with van der Waals surface area (Å²) in [6, 6.07) is 8.60. The topological polar surface area (TPSA) is 29.3 Å². The van der Waals surface area contributed by atoms with E-state index >= 15 is 0 Å². The molecule has 0 amide bonds. The normalized spacial score (nSPS) is 14.8. The summed E-state index contributed by atoms with van der Waals surface area (Å²) in [6.07, 6.45) is 2.40. The summed E-state index contributed by atoms with van der Waals surface area (Å²) in [5, 5.41) is 0. The van der Waals surface area contributed by atoms with E-state index in [1.54, 1.807) is 0 Å². The van der Waals surface area contributed by atoms with Gasteiger partial charge in [-0.15, -0.1) is 0 Å². The van der Waals surface area contributed by atoms with Crippen LogP contribution in [0.4, 0.5) is 0 Å². The van der Waals surface area contributed by atoms with E-state index in [0.29, 0.717) is 0 Å². The summed E-state index contributed by atoms with van der Waals surface area (Å²) in [7, 11) is 2.19. The molecule has 0 fully saturated rings. The molecule has 0 aromatic heterocycles. The van der Waals surface area contributed by atoms with E-state index < -0.39 is 0 Å². The van der Waals surface area contributed by atoms with Crippen LogP contribution in [0, 0.1) is 12.3 Å². The van der Waals surface area contributed by atoms with Crippen LogP contribution < -0.4 is 5.73 Å². The van der Waals surface area contributed by atoms with Crippen LogP contribution in [0.3, 0.4) is 0 Å².